The summed E-state index contributed by atoms with van der Waals surface area (Å²) in [6, 6.07) is 0. The number of carbonyl (C=O) groups is 1. The Morgan fingerprint density at radius 3 is 1.08 bits per heavy atom. The molecule has 0 amide bonds. The number of hydrogen-bond acceptors (Lipinski definition) is 1. The van der Waals surface area contributed by atoms with Crippen molar-refractivity contribution in [1.82, 2.24) is 0 Å². The van der Waals surface area contributed by atoms with Gasteiger partial charge in [-0.1, -0.05) is 0 Å². The summed E-state index contributed by atoms with van der Waals surface area (Å²) in [5, 5.41) is -4.26. The molecule has 0 aromatic rings. The van der Waals surface area contributed by atoms with Gasteiger partial charge in [0.05, 0.1) is 0 Å². The molecule has 154 valence electrons. The van der Waals surface area contributed by atoms with E-state index in [0.29, 0.717) is 0 Å². The molecule has 0 spiro atoms. The van der Waals surface area contributed by atoms with Crippen molar-refractivity contribution in [3.05, 3.63) is 0 Å². The lowest BCUT2D eigenvalue weighted by atomic mass is 9.61. The lowest BCUT2D eigenvalue weighted by molar-refractivity contribution is -0.497. The summed E-state index contributed by atoms with van der Waals surface area (Å²) in [7, 11) is 0. The average molecular weight is 445 g/mol. The van der Waals surface area contributed by atoms with Crippen molar-refractivity contribution in [2.45, 2.75) is 47.1 Å². The van der Waals surface area contributed by atoms with Gasteiger partial charge in [0.2, 0.25) is 0 Å². The highest BCUT2D eigenvalue weighted by Crippen LogP contribution is 2.74. The Balaban J connectivity index is 4.30. The van der Waals surface area contributed by atoms with Crippen LogP contribution in [0.2, 0.25) is 0 Å². The summed E-state index contributed by atoms with van der Waals surface area (Å²) < 4.78 is 197. The first kappa shape index (κ1) is 23.0. The zero-order valence-electron chi connectivity index (χ0n) is 11.0. The highest BCUT2D eigenvalue weighted by atomic mass is 35.5. The molecule has 1 rings (SSSR count). The Bertz CT molecular complexity index is 622. The minimum absolute atomic E-state index is 3.82. The molecule has 1 aliphatic rings. The van der Waals surface area contributed by atoms with Gasteiger partial charge in [0.15, 0.2) is 0 Å². The normalized spacial score (nSPS) is 39.5. The highest BCUT2D eigenvalue weighted by molar-refractivity contribution is 6.65. The lowest BCUT2D eigenvalue weighted by Gasteiger charge is -2.56. The summed E-state index contributed by atoms with van der Waals surface area (Å²) in [4.78, 5) is 10.6. The fraction of sp³-hybridized carbons (Fsp3) is 0.889. The van der Waals surface area contributed by atoms with Crippen LogP contribution in [-0.2, 0) is 4.79 Å². The molecule has 3 atom stereocenters. The van der Waals surface area contributed by atoms with Gasteiger partial charge in [-0.15, -0.1) is 0 Å². The van der Waals surface area contributed by atoms with E-state index in [0.717, 1.165) is 0 Å². The Morgan fingerprint density at radius 2 is 0.846 bits per heavy atom. The van der Waals surface area contributed by atoms with Gasteiger partial charge in [0, 0.05) is 0 Å². The predicted molar refractivity (Wildman–Crippen MR) is 49.3 cm³/mol. The molecule has 0 aromatic heterocycles. The second-order valence-electron chi connectivity index (χ2n) is 4.97. The van der Waals surface area contributed by atoms with E-state index >= 15 is 0 Å². The molecule has 0 N–H and O–H groups in total. The van der Waals surface area contributed by atoms with Crippen LogP contribution in [0.3, 0.4) is 0 Å². The van der Waals surface area contributed by atoms with Crippen molar-refractivity contribution in [1.29, 1.82) is 0 Å². The summed E-state index contributed by atoms with van der Waals surface area (Å²) in [6.45, 7) is 0. The molecule has 1 aliphatic carbocycles. The average Bonchev–Trinajstić information content (AvgIpc) is 2.39. The number of alkyl halides is 15. The first-order valence-electron chi connectivity index (χ1n) is 5.48. The summed E-state index contributed by atoms with van der Waals surface area (Å²) in [5.74, 6) is -24.5. The SMILES string of the molecule is O=C(Cl)C1(F)C(F)(F)C(F)(C(F)(F)F)C(F)(F)C(F)(F)C1(F)C(F)(F)F. The Hall–Kier alpha value is -1.09. The minimum Gasteiger partial charge on any atom is -0.277 e. The molecular formula is C9ClF15O. The second kappa shape index (κ2) is 5.04. The fourth-order valence-corrected chi connectivity index (χ4v) is 2.54. The van der Waals surface area contributed by atoms with E-state index < -0.39 is 52.4 Å². The number of rotatable bonds is 1. The Labute approximate surface area is 136 Å². The smallest absolute Gasteiger partial charge is 0.277 e. The number of halogens is 16. The maximum Gasteiger partial charge on any atom is 0.435 e. The maximum absolute atomic E-state index is 14.0. The molecule has 0 aromatic carbocycles. The largest absolute Gasteiger partial charge is 0.435 e. The van der Waals surface area contributed by atoms with Crippen molar-refractivity contribution < 1.29 is 70.7 Å². The van der Waals surface area contributed by atoms with Crippen molar-refractivity contribution in [3.63, 3.8) is 0 Å². The molecule has 0 radical (unpaired) electrons. The quantitative estimate of drug-likeness (QED) is 0.415. The summed E-state index contributed by atoms with van der Waals surface area (Å²) in [6.07, 6.45) is -15.8. The molecule has 26 heavy (non-hydrogen) atoms. The molecular weight excluding hydrogens is 445 g/mol. The monoisotopic (exact) mass is 444 g/mol. The third-order valence-electron chi connectivity index (χ3n) is 3.65. The van der Waals surface area contributed by atoms with Crippen LogP contribution in [0.1, 0.15) is 0 Å². The molecule has 17 heteroatoms. The molecule has 1 fully saturated rings. The van der Waals surface area contributed by atoms with Crippen molar-refractivity contribution in [2.24, 2.45) is 0 Å². The minimum atomic E-state index is -8.24. The van der Waals surface area contributed by atoms with Gasteiger partial charge in [0.1, 0.15) is 0 Å². The third-order valence-corrected chi connectivity index (χ3v) is 3.91. The van der Waals surface area contributed by atoms with Crippen LogP contribution in [0.15, 0.2) is 0 Å². The van der Waals surface area contributed by atoms with E-state index in [2.05, 4.69) is 11.6 Å². The van der Waals surface area contributed by atoms with E-state index in [4.69, 9.17) is 0 Å². The lowest BCUT2D eigenvalue weighted by Crippen LogP contribution is -2.92. The standard InChI is InChI=1S/C9ClF15O/c10-1(26)2(11)3(12,8(20,21)22)6(16,17)7(18,19)4(13,5(2,14)15)9(23,24)25. The van der Waals surface area contributed by atoms with Gasteiger partial charge in [0.25, 0.3) is 10.9 Å². The van der Waals surface area contributed by atoms with Gasteiger partial charge < -0.3 is 0 Å². The maximum atomic E-state index is 14.0. The van der Waals surface area contributed by atoms with E-state index in [1.165, 1.54) is 0 Å². The van der Waals surface area contributed by atoms with Crippen LogP contribution >= 0.6 is 11.6 Å². The van der Waals surface area contributed by atoms with Crippen LogP contribution in [0.5, 0.6) is 0 Å². The van der Waals surface area contributed by atoms with E-state index in [9.17, 15) is 70.7 Å². The van der Waals surface area contributed by atoms with Crippen LogP contribution in [0.4, 0.5) is 65.9 Å². The van der Waals surface area contributed by atoms with Gasteiger partial charge in [-0.25, -0.2) is 13.2 Å². The van der Waals surface area contributed by atoms with E-state index in [1.54, 1.807) is 0 Å². The molecule has 1 nitrogen and oxygen atoms in total. The fourth-order valence-electron chi connectivity index (χ4n) is 2.29. The third kappa shape index (κ3) is 1.86. The van der Waals surface area contributed by atoms with E-state index in [1.807, 2.05) is 0 Å². The topological polar surface area (TPSA) is 17.1 Å². The predicted octanol–water partition coefficient (Wildman–Crippen LogP) is 4.92. The molecule has 3 unspecified atom stereocenters. The number of carbonyl (C=O) groups excluding carboxylic acids is 1. The molecule has 0 aliphatic heterocycles. The van der Waals surface area contributed by atoms with Crippen molar-refractivity contribution >= 4 is 16.8 Å². The zero-order valence-corrected chi connectivity index (χ0v) is 11.7. The highest BCUT2D eigenvalue weighted by Gasteiger charge is 3.08. The van der Waals surface area contributed by atoms with Gasteiger partial charge in [-0.3, -0.25) is 4.79 Å². The molecule has 0 heterocycles. The summed E-state index contributed by atoms with van der Waals surface area (Å²) >= 11 is 3.82. The van der Waals surface area contributed by atoms with Crippen LogP contribution in [0.25, 0.3) is 0 Å². The van der Waals surface area contributed by atoms with Crippen LogP contribution in [-0.4, -0.2) is 52.4 Å². The summed E-state index contributed by atoms with van der Waals surface area (Å²) in [5.41, 5.74) is -23.8. The van der Waals surface area contributed by atoms with Crippen LogP contribution in [0, 0.1) is 0 Å². The molecule has 0 bridgehead atoms. The van der Waals surface area contributed by atoms with Gasteiger partial charge in [-0.05, 0) is 11.6 Å². The Morgan fingerprint density at radius 1 is 0.577 bits per heavy atom. The van der Waals surface area contributed by atoms with Crippen LogP contribution < -0.4 is 0 Å². The second-order valence-corrected chi connectivity index (χ2v) is 5.31. The zero-order chi connectivity index (χ0) is 21.6. The molecule has 0 saturated heterocycles. The van der Waals surface area contributed by atoms with Crippen molar-refractivity contribution in [2.75, 3.05) is 0 Å². The molecule has 1 saturated carbocycles. The van der Waals surface area contributed by atoms with Crippen molar-refractivity contribution in [3.8, 4) is 0 Å². The first-order chi connectivity index (χ1) is 10.9. The number of hydrogen-bond donors (Lipinski definition) is 0. The van der Waals surface area contributed by atoms with Gasteiger partial charge >= 0.3 is 41.5 Å². The van der Waals surface area contributed by atoms with Gasteiger partial charge in [-0.2, -0.15) is 52.7 Å². The Kier molecular flexibility index (Phi) is 4.45. The first-order valence-corrected chi connectivity index (χ1v) is 5.86. The van der Waals surface area contributed by atoms with E-state index in [-0.39, 0.29) is 0 Å².